The number of hydrogen-bond acceptors (Lipinski definition) is 3. The van der Waals surface area contributed by atoms with Crippen molar-refractivity contribution >= 4 is 15.8 Å². The summed E-state index contributed by atoms with van der Waals surface area (Å²) in [5.41, 5.74) is 2.23. The van der Waals surface area contributed by atoms with Crippen LogP contribution in [0.5, 0.6) is 0 Å². The summed E-state index contributed by atoms with van der Waals surface area (Å²) in [4.78, 5) is 11.3. The standard InChI is InChI=1S/C14H18O4S/c1-2-4-13(14(15)16)19(17,18)12-8-7-10-5-3-6-11(10)9-12/h7-9,13H,2-6H2,1H3,(H,15,16). The minimum Gasteiger partial charge on any atom is -0.480 e. The molecule has 5 heteroatoms. The minimum atomic E-state index is -3.78. The van der Waals surface area contributed by atoms with Crippen molar-refractivity contribution in [2.75, 3.05) is 0 Å². The van der Waals surface area contributed by atoms with Gasteiger partial charge in [0.1, 0.15) is 0 Å². The Morgan fingerprint density at radius 1 is 1.32 bits per heavy atom. The molecule has 2 rings (SSSR count). The SMILES string of the molecule is CCCC(C(=O)O)S(=O)(=O)c1ccc2c(c1)CCC2. The van der Waals surface area contributed by atoms with E-state index in [0.29, 0.717) is 6.42 Å². The molecule has 1 aromatic rings. The number of carboxylic acid groups (broad SMARTS) is 1. The molecule has 0 radical (unpaired) electrons. The van der Waals surface area contributed by atoms with Crippen LogP contribution >= 0.6 is 0 Å². The third kappa shape index (κ3) is 2.66. The lowest BCUT2D eigenvalue weighted by Crippen LogP contribution is -2.30. The van der Waals surface area contributed by atoms with Crippen molar-refractivity contribution in [1.82, 2.24) is 0 Å². The van der Waals surface area contributed by atoms with Gasteiger partial charge in [0.25, 0.3) is 0 Å². The smallest absolute Gasteiger partial charge is 0.322 e. The predicted octanol–water partition coefficient (Wildman–Crippen LogP) is 2.20. The van der Waals surface area contributed by atoms with E-state index < -0.39 is 21.1 Å². The Morgan fingerprint density at radius 3 is 2.63 bits per heavy atom. The molecule has 0 aromatic heterocycles. The van der Waals surface area contributed by atoms with E-state index in [-0.39, 0.29) is 11.3 Å². The first-order valence-corrected chi connectivity index (χ1v) is 8.10. The maximum atomic E-state index is 12.4. The highest BCUT2D eigenvalue weighted by atomic mass is 32.2. The van der Waals surface area contributed by atoms with Crippen molar-refractivity contribution in [2.45, 2.75) is 49.2 Å². The molecule has 104 valence electrons. The van der Waals surface area contributed by atoms with Gasteiger partial charge in [-0.3, -0.25) is 4.79 Å². The molecule has 0 fully saturated rings. The molecule has 0 amide bonds. The second-order valence-corrected chi connectivity index (χ2v) is 7.08. The maximum absolute atomic E-state index is 12.4. The molecule has 0 bridgehead atoms. The topological polar surface area (TPSA) is 71.4 Å². The van der Waals surface area contributed by atoms with E-state index >= 15 is 0 Å². The van der Waals surface area contributed by atoms with Crippen LogP contribution in [0.15, 0.2) is 23.1 Å². The highest BCUT2D eigenvalue weighted by molar-refractivity contribution is 7.92. The summed E-state index contributed by atoms with van der Waals surface area (Å²) in [5.74, 6) is -1.26. The summed E-state index contributed by atoms with van der Waals surface area (Å²) in [7, 11) is -3.78. The molecule has 1 unspecified atom stereocenters. The fourth-order valence-electron chi connectivity index (χ4n) is 2.56. The molecule has 4 nitrogen and oxygen atoms in total. The van der Waals surface area contributed by atoms with Crippen LogP contribution in [0.1, 0.15) is 37.3 Å². The lowest BCUT2D eigenvalue weighted by molar-refractivity contribution is -0.136. The molecular weight excluding hydrogens is 264 g/mol. The number of aryl methyl sites for hydroxylation is 2. The van der Waals surface area contributed by atoms with Gasteiger partial charge < -0.3 is 5.11 Å². The summed E-state index contributed by atoms with van der Waals surface area (Å²) in [6.07, 6.45) is 3.57. The zero-order valence-corrected chi connectivity index (χ0v) is 11.7. The molecule has 1 atom stereocenters. The second kappa shape index (κ2) is 5.33. The lowest BCUT2D eigenvalue weighted by atomic mass is 10.1. The Kier molecular flexibility index (Phi) is 3.94. The molecule has 1 N–H and O–H groups in total. The lowest BCUT2D eigenvalue weighted by Gasteiger charge is -2.13. The maximum Gasteiger partial charge on any atom is 0.322 e. The van der Waals surface area contributed by atoms with E-state index in [1.165, 1.54) is 5.56 Å². The summed E-state index contributed by atoms with van der Waals surface area (Å²) in [5, 5.41) is 7.78. The molecule has 0 heterocycles. The predicted molar refractivity (Wildman–Crippen MR) is 72.0 cm³/mol. The minimum absolute atomic E-state index is 0.147. The fraction of sp³-hybridized carbons (Fsp3) is 0.500. The Hall–Kier alpha value is -1.36. The van der Waals surface area contributed by atoms with Crippen molar-refractivity contribution in [2.24, 2.45) is 0 Å². The number of carbonyl (C=O) groups is 1. The molecule has 1 aromatic carbocycles. The molecule has 0 spiro atoms. The summed E-state index contributed by atoms with van der Waals surface area (Å²) >= 11 is 0. The summed E-state index contributed by atoms with van der Waals surface area (Å²) < 4.78 is 24.8. The highest BCUT2D eigenvalue weighted by Gasteiger charge is 2.33. The van der Waals surface area contributed by atoms with E-state index in [0.717, 1.165) is 24.8 Å². The Balaban J connectivity index is 2.41. The summed E-state index contributed by atoms with van der Waals surface area (Å²) in [6, 6.07) is 5.02. The molecule has 0 saturated carbocycles. The van der Waals surface area contributed by atoms with Gasteiger partial charge in [-0.05, 0) is 48.9 Å². The zero-order chi connectivity index (χ0) is 14.0. The Morgan fingerprint density at radius 2 is 2.00 bits per heavy atom. The van der Waals surface area contributed by atoms with Crippen LogP contribution in [0.3, 0.4) is 0 Å². The van der Waals surface area contributed by atoms with Crippen molar-refractivity contribution in [3.63, 3.8) is 0 Å². The van der Waals surface area contributed by atoms with Gasteiger partial charge in [0, 0.05) is 0 Å². The van der Waals surface area contributed by atoms with Gasteiger partial charge in [-0.25, -0.2) is 8.42 Å². The van der Waals surface area contributed by atoms with E-state index in [1.54, 1.807) is 19.1 Å². The molecule has 0 saturated heterocycles. The monoisotopic (exact) mass is 282 g/mol. The van der Waals surface area contributed by atoms with Gasteiger partial charge in [-0.2, -0.15) is 0 Å². The number of benzene rings is 1. The molecule has 1 aliphatic rings. The van der Waals surface area contributed by atoms with Gasteiger partial charge in [0.15, 0.2) is 15.1 Å². The van der Waals surface area contributed by atoms with Crippen LogP contribution in [0.4, 0.5) is 0 Å². The zero-order valence-electron chi connectivity index (χ0n) is 10.9. The van der Waals surface area contributed by atoms with Gasteiger partial charge in [0.2, 0.25) is 0 Å². The second-order valence-electron chi connectivity index (χ2n) is 4.94. The summed E-state index contributed by atoms with van der Waals surface area (Å²) in [6.45, 7) is 1.79. The highest BCUT2D eigenvalue weighted by Crippen LogP contribution is 2.27. The van der Waals surface area contributed by atoms with Crippen LogP contribution in [0.25, 0.3) is 0 Å². The molecular formula is C14H18O4S. The number of fused-ring (bicyclic) bond motifs is 1. The van der Waals surface area contributed by atoms with Gasteiger partial charge >= 0.3 is 5.97 Å². The fourth-order valence-corrected chi connectivity index (χ4v) is 4.27. The third-order valence-electron chi connectivity index (χ3n) is 3.60. The first kappa shape index (κ1) is 14.1. The van der Waals surface area contributed by atoms with Crippen molar-refractivity contribution in [1.29, 1.82) is 0 Å². The van der Waals surface area contributed by atoms with Gasteiger partial charge in [-0.1, -0.05) is 19.4 Å². The van der Waals surface area contributed by atoms with Crippen LogP contribution in [0.2, 0.25) is 0 Å². The van der Waals surface area contributed by atoms with Crippen LogP contribution < -0.4 is 0 Å². The van der Waals surface area contributed by atoms with E-state index in [2.05, 4.69) is 0 Å². The van der Waals surface area contributed by atoms with Crippen LogP contribution in [-0.2, 0) is 27.5 Å². The quantitative estimate of drug-likeness (QED) is 0.898. The number of rotatable bonds is 5. The Bertz CT molecular complexity index is 589. The Labute approximate surface area is 113 Å². The molecule has 19 heavy (non-hydrogen) atoms. The van der Waals surface area contributed by atoms with E-state index in [4.69, 9.17) is 5.11 Å². The van der Waals surface area contributed by atoms with Crippen molar-refractivity contribution in [3.05, 3.63) is 29.3 Å². The first-order valence-electron chi connectivity index (χ1n) is 6.55. The van der Waals surface area contributed by atoms with Crippen molar-refractivity contribution < 1.29 is 18.3 Å². The number of hydrogen-bond donors (Lipinski definition) is 1. The van der Waals surface area contributed by atoms with E-state index in [1.807, 2.05) is 6.07 Å². The van der Waals surface area contributed by atoms with Crippen LogP contribution in [0, 0.1) is 0 Å². The molecule has 0 aliphatic heterocycles. The van der Waals surface area contributed by atoms with Crippen LogP contribution in [-0.4, -0.2) is 24.7 Å². The number of sulfone groups is 1. The average molecular weight is 282 g/mol. The number of carboxylic acids is 1. The first-order chi connectivity index (χ1) is 8.96. The van der Waals surface area contributed by atoms with Gasteiger partial charge in [-0.15, -0.1) is 0 Å². The number of aliphatic carboxylic acids is 1. The van der Waals surface area contributed by atoms with E-state index in [9.17, 15) is 13.2 Å². The van der Waals surface area contributed by atoms with Crippen molar-refractivity contribution in [3.8, 4) is 0 Å². The largest absolute Gasteiger partial charge is 0.480 e. The average Bonchev–Trinajstić information content (AvgIpc) is 2.82. The molecule has 1 aliphatic carbocycles. The van der Waals surface area contributed by atoms with Gasteiger partial charge in [0.05, 0.1) is 4.90 Å². The normalized spacial score (nSPS) is 16.1. The third-order valence-corrected chi connectivity index (χ3v) is 5.70.